The summed E-state index contributed by atoms with van der Waals surface area (Å²) in [6.45, 7) is 0.125. The Morgan fingerprint density at radius 1 is 1.33 bits per heavy atom. The number of hydrogen-bond acceptors (Lipinski definition) is 3. The molecule has 1 saturated carbocycles. The monoisotopic (exact) mass is 243 g/mol. The summed E-state index contributed by atoms with van der Waals surface area (Å²) in [7, 11) is 0. The van der Waals surface area contributed by atoms with E-state index in [-0.39, 0.29) is 18.3 Å². The molecule has 0 unspecified atom stereocenters. The van der Waals surface area contributed by atoms with Gasteiger partial charge in [0.1, 0.15) is 12.4 Å². The van der Waals surface area contributed by atoms with E-state index in [1.165, 1.54) is 6.42 Å². The van der Waals surface area contributed by atoms with Gasteiger partial charge in [-0.15, -0.1) is 0 Å². The van der Waals surface area contributed by atoms with E-state index >= 15 is 0 Å². The zero-order chi connectivity index (χ0) is 12.8. The van der Waals surface area contributed by atoms with Gasteiger partial charge >= 0.3 is 0 Å². The molecule has 0 radical (unpaired) electrons. The number of nitrogens with zero attached hydrogens (tertiary/aromatic N) is 1. The average molecular weight is 243 g/mol. The predicted octanol–water partition coefficient (Wildman–Crippen LogP) is 3.09. The van der Waals surface area contributed by atoms with Gasteiger partial charge < -0.3 is 4.74 Å². The highest BCUT2D eigenvalue weighted by molar-refractivity contribution is 5.82. The molecule has 0 atom stereocenters. The van der Waals surface area contributed by atoms with Gasteiger partial charge in [0.25, 0.3) is 0 Å². The van der Waals surface area contributed by atoms with E-state index in [1.807, 2.05) is 0 Å². The lowest BCUT2D eigenvalue weighted by atomic mass is 9.86. The molecule has 0 bridgehead atoms. The SMILES string of the molecule is N#Cc1cccc(OCC(=O)C2CCCCC2)c1. The Kier molecular flexibility index (Phi) is 4.35. The summed E-state index contributed by atoms with van der Waals surface area (Å²) >= 11 is 0. The summed E-state index contributed by atoms with van der Waals surface area (Å²) in [4.78, 5) is 11.9. The van der Waals surface area contributed by atoms with Crippen LogP contribution in [0.1, 0.15) is 37.7 Å². The standard InChI is InChI=1S/C15H17NO2/c16-10-12-5-4-8-14(9-12)18-11-15(17)13-6-2-1-3-7-13/h4-5,8-9,13H,1-3,6-7,11H2. The molecule has 1 aromatic carbocycles. The Labute approximate surface area is 107 Å². The second-order valence-corrected chi connectivity index (χ2v) is 4.73. The highest BCUT2D eigenvalue weighted by atomic mass is 16.5. The van der Waals surface area contributed by atoms with Gasteiger partial charge in [0.15, 0.2) is 5.78 Å². The molecule has 0 amide bonds. The molecule has 1 aromatic rings. The summed E-state index contributed by atoms with van der Waals surface area (Å²) < 4.78 is 5.46. The number of benzene rings is 1. The van der Waals surface area contributed by atoms with Crippen LogP contribution in [0, 0.1) is 17.2 Å². The van der Waals surface area contributed by atoms with Gasteiger partial charge in [-0.25, -0.2) is 0 Å². The molecule has 1 aliphatic rings. The second kappa shape index (κ2) is 6.20. The van der Waals surface area contributed by atoms with E-state index in [0.717, 1.165) is 25.7 Å². The average Bonchev–Trinajstić information content (AvgIpc) is 2.46. The Bertz CT molecular complexity index is 456. The van der Waals surface area contributed by atoms with Crippen LogP contribution in [0.3, 0.4) is 0 Å². The van der Waals surface area contributed by atoms with Crippen molar-refractivity contribution in [3.8, 4) is 11.8 Å². The third-order valence-corrected chi connectivity index (χ3v) is 3.40. The van der Waals surface area contributed by atoms with Crippen molar-refractivity contribution in [1.82, 2.24) is 0 Å². The van der Waals surface area contributed by atoms with Gasteiger partial charge in [0, 0.05) is 5.92 Å². The minimum Gasteiger partial charge on any atom is -0.486 e. The third kappa shape index (κ3) is 3.33. The number of carbonyl (C=O) groups is 1. The largest absolute Gasteiger partial charge is 0.486 e. The summed E-state index contributed by atoms with van der Waals surface area (Å²) in [5.74, 6) is 0.966. The van der Waals surface area contributed by atoms with Gasteiger partial charge in [-0.3, -0.25) is 4.79 Å². The van der Waals surface area contributed by atoms with E-state index in [4.69, 9.17) is 10.00 Å². The molecule has 0 spiro atoms. The van der Waals surface area contributed by atoms with Crippen molar-refractivity contribution in [3.63, 3.8) is 0 Å². The maximum atomic E-state index is 11.9. The van der Waals surface area contributed by atoms with Crippen LogP contribution in [0.15, 0.2) is 24.3 Å². The maximum absolute atomic E-state index is 11.9. The van der Waals surface area contributed by atoms with Crippen LogP contribution in [0.25, 0.3) is 0 Å². The van der Waals surface area contributed by atoms with Gasteiger partial charge in [-0.05, 0) is 31.0 Å². The highest BCUT2D eigenvalue weighted by Crippen LogP contribution is 2.24. The van der Waals surface area contributed by atoms with Gasteiger partial charge in [-0.1, -0.05) is 25.3 Å². The molecule has 3 nitrogen and oxygen atoms in total. The molecule has 3 heteroatoms. The first-order chi connectivity index (χ1) is 8.79. The highest BCUT2D eigenvalue weighted by Gasteiger charge is 2.21. The lowest BCUT2D eigenvalue weighted by molar-refractivity contribution is -0.125. The zero-order valence-electron chi connectivity index (χ0n) is 10.4. The van der Waals surface area contributed by atoms with Crippen LogP contribution in [0.5, 0.6) is 5.75 Å². The molecular formula is C15H17NO2. The van der Waals surface area contributed by atoms with E-state index in [0.29, 0.717) is 11.3 Å². The van der Waals surface area contributed by atoms with Crippen molar-refractivity contribution in [2.75, 3.05) is 6.61 Å². The Balaban J connectivity index is 1.86. The van der Waals surface area contributed by atoms with Crippen molar-refractivity contribution < 1.29 is 9.53 Å². The van der Waals surface area contributed by atoms with E-state index in [2.05, 4.69) is 6.07 Å². The Hall–Kier alpha value is -1.82. The molecule has 94 valence electrons. The number of ether oxygens (including phenoxy) is 1. The van der Waals surface area contributed by atoms with Crippen molar-refractivity contribution in [2.45, 2.75) is 32.1 Å². The van der Waals surface area contributed by atoms with Crippen LogP contribution in [0.4, 0.5) is 0 Å². The number of nitriles is 1. The fourth-order valence-electron chi connectivity index (χ4n) is 2.35. The quantitative estimate of drug-likeness (QED) is 0.816. The molecule has 0 aromatic heterocycles. The first kappa shape index (κ1) is 12.6. The molecule has 1 aliphatic carbocycles. The topological polar surface area (TPSA) is 50.1 Å². The molecular weight excluding hydrogens is 226 g/mol. The fraction of sp³-hybridized carbons (Fsp3) is 0.467. The predicted molar refractivity (Wildman–Crippen MR) is 68.2 cm³/mol. The lowest BCUT2D eigenvalue weighted by Crippen LogP contribution is -2.23. The molecule has 0 saturated heterocycles. The number of rotatable bonds is 4. The first-order valence-electron chi connectivity index (χ1n) is 6.45. The molecule has 0 heterocycles. The van der Waals surface area contributed by atoms with Crippen LogP contribution >= 0.6 is 0 Å². The third-order valence-electron chi connectivity index (χ3n) is 3.40. The second-order valence-electron chi connectivity index (χ2n) is 4.73. The Morgan fingerprint density at radius 3 is 2.83 bits per heavy atom. The van der Waals surface area contributed by atoms with Gasteiger partial charge in [-0.2, -0.15) is 5.26 Å². The van der Waals surface area contributed by atoms with Crippen molar-refractivity contribution in [3.05, 3.63) is 29.8 Å². The Morgan fingerprint density at radius 2 is 2.11 bits per heavy atom. The first-order valence-corrected chi connectivity index (χ1v) is 6.45. The number of ketones is 1. The number of carbonyl (C=O) groups excluding carboxylic acids is 1. The van der Waals surface area contributed by atoms with Crippen molar-refractivity contribution >= 4 is 5.78 Å². The smallest absolute Gasteiger partial charge is 0.173 e. The lowest BCUT2D eigenvalue weighted by Gasteiger charge is -2.20. The molecule has 1 fully saturated rings. The molecule has 18 heavy (non-hydrogen) atoms. The fourth-order valence-corrected chi connectivity index (χ4v) is 2.35. The van der Waals surface area contributed by atoms with Crippen LogP contribution < -0.4 is 4.74 Å². The van der Waals surface area contributed by atoms with E-state index in [9.17, 15) is 4.79 Å². The van der Waals surface area contributed by atoms with Crippen LogP contribution in [-0.4, -0.2) is 12.4 Å². The normalized spacial score (nSPS) is 15.9. The molecule has 0 N–H and O–H groups in total. The van der Waals surface area contributed by atoms with E-state index < -0.39 is 0 Å². The van der Waals surface area contributed by atoms with E-state index in [1.54, 1.807) is 24.3 Å². The molecule has 0 aliphatic heterocycles. The summed E-state index contributed by atoms with van der Waals surface area (Å²) in [6.07, 6.45) is 5.55. The van der Waals surface area contributed by atoms with Crippen LogP contribution in [0.2, 0.25) is 0 Å². The number of hydrogen-bond donors (Lipinski definition) is 0. The zero-order valence-corrected chi connectivity index (χ0v) is 10.4. The summed E-state index contributed by atoms with van der Waals surface area (Å²) in [5.41, 5.74) is 0.553. The van der Waals surface area contributed by atoms with Gasteiger partial charge in [0.2, 0.25) is 0 Å². The molecule has 2 rings (SSSR count). The summed E-state index contributed by atoms with van der Waals surface area (Å²) in [6, 6.07) is 8.97. The number of Topliss-reactive ketones (excluding diaryl/α,β-unsaturated/α-hetero) is 1. The summed E-state index contributed by atoms with van der Waals surface area (Å²) in [5, 5.41) is 8.77. The van der Waals surface area contributed by atoms with Crippen molar-refractivity contribution in [1.29, 1.82) is 5.26 Å². The van der Waals surface area contributed by atoms with Crippen molar-refractivity contribution in [2.24, 2.45) is 5.92 Å². The minimum absolute atomic E-state index is 0.125. The maximum Gasteiger partial charge on any atom is 0.173 e. The van der Waals surface area contributed by atoms with Gasteiger partial charge in [0.05, 0.1) is 11.6 Å². The van der Waals surface area contributed by atoms with Crippen LogP contribution in [-0.2, 0) is 4.79 Å². The minimum atomic E-state index is 0.125.